The molecule has 0 spiro atoms. The van der Waals surface area contributed by atoms with Gasteiger partial charge in [0.1, 0.15) is 55.5 Å². The normalized spacial score (nSPS) is 51.7. The second kappa shape index (κ2) is 7.64. The maximum absolute atomic E-state index is 13.1. The van der Waals surface area contributed by atoms with Gasteiger partial charge in [-0.05, 0) is 6.92 Å². The Morgan fingerprint density at radius 1 is 0.870 bits per heavy atom. The molecule has 10 atom stereocenters. The van der Waals surface area contributed by atoms with E-state index in [-0.39, 0.29) is 0 Å². The molecule has 2 rings (SSSR count). The van der Waals surface area contributed by atoms with Gasteiger partial charge in [-0.2, -0.15) is 0 Å². The van der Waals surface area contributed by atoms with Gasteiger partial charge < -0.3 is 44.8 Å². The Kier molecular flexibility index (Phi) is 6.28. The minimum absolute atomic E-state index is 0.652. The number of rotatable bonds is 4. The monoisotopic (exact) mass is 341 g/mol. The zero-order valence-corrected chi connectivity index (χ0v) is 12.5. The van der Waals surface area contributed by atoms with Crippen molar-refractivity contribution in [3.8, 4) is 0 Å². The number of hydrogen-bond donors (Lipinski definition) is 6. The Morgan fingerprint density at radius 3 is 2.09 bits per heavy atom. The lowest BCUT2D eigenvalue weighted by Crippen LogP contribution is -2.64. The third kappa shape index (κ3) is 3.65. The largest absolute Gasteiger partial charge is 0.394 e. The summed E-state index contributed by atoms with van der Waals surface area (Å²) < 4.78 is 28.7. The molecule has 0 aromatic carbocycles. The van der Waals surface area contributed by atoms with E-state index in [2.05, 4.69) is 0 Å². The number of aliphatic hydroxyl groups excluding tert-OH is 6. The smallest absolute Gasteiger partial charge is 0.187 e. The predicted molar refractivity (Wildman–Crippen MR) is 71.0 cm³/mol. The van der Waals surface area contributed by atoms with Crippen LogP contribution in [0, 0.1) is 0 Å². The van der Waals surface area contributed by atoms with E-state index in [1.807, 2.05) is 0 Å². The third-order valence-corrected chi connectivity index (χ3v) is 4.22. The number of ether oxygens (including phenoxy) is 3. The highest BCUT2D eigenvalue weighted by Crippen LogP contribution is 2.29. The van der Waals surface area contributed by atoms with Crippen molar-refractivity contribution in [2.75, 3.05) is 13.3 Å². The Bertz CT molecular complexity index is 382. The molecule has 23 heavy (non-hydrogen) atoms. The van der Waals surface area contributed by atoms with Crippen molar-refractivity contribution in [3.63, 3.8) is 0 Å². The van der Waals surface area contributed by atoms with Crippen LogP contribution >= 0.6 is 0 Å². The molecule has 0 aromatic rings. The minimum Gasteiger partial charge on any atom is -0.394 e. The van der Waals surface area contributed by atoms with Crippen LogP contribution in [0.4, 0.5) is 4.39 Å². The van der Waals surface area contributed by atoms with E-state index in [0.29, 0.717) is 0 Å². The van der Waals surface area contributed by atoms with Crippen LogP contribution in [0.25, 0.3) is 0 Å². The molecule has 0 bridgehead atoms. The topological polar surface area (TPSA) is 149 Å². The molecule has 9 nitrogen and oxygen atoms in total. The molecule has 2 aliphatic rings. The molecule has 136 valence electrons. The first-order valence-corrected chi connectivity index (χ1v) is 7.35. The molecule has 6 N–H and O–H groups in total. The summed E-state index contributed by atoms with van der Waals surface area (Å²) in [6, 6.07) is 0. The first kappa shape index (κ1) is 18.9. The molecule has 2 aliphatic heterocycles. The third-order valence-electron chi connectivity index (χ3n) is 4.22. The van der Waals surface area contributed by atoms with Gasteiger partial charge >= 0.3 is 0 Å². The van der Waals surface area contributed by atoms with Crippen LogP contribution in [0.3, 0.4) is 0 Å². The highest BCUT2D eigenvalue weighted by atomic mass is 18.2. The van der Waals surface area contributed by atoms with E-state index in [9.17, 15) is 29.9 Å². The van der Waals surface area contributed by atoms with Crippen molar-refractivity contribution in [3.05, 3.63) is 0 Å². The lowest BCUT2D eigenvalue weighted by atomic mass is 9.95. The summed E-state index contributed by atoms with van der Waals surface area (Å²) in [6.07, 6.45) is -13.9. The summed E-state index contributed by atoms with van der Waals surface area (Å²) in [6.45, 7) is -0.211. The van der Waals surface area contributed by atoms with Crippen molar-refractivity contribution in [1.29, 1.82) is 0 Å². The van der Waals surface area contributed by atoms with E-state index in [1.54, 1.807) is 0 Å². The van der Waals surface area contributed by atoms with Crippen LogP contribution in [-0.4, -0.2) is 105 Å². The molecule has 0 aliphatic carbocycles. The molecule has 10 heteroatoms. The fraction of sp³-hybridized carbons (Fsp3) is 1.00. The quantitative estimate of drug-likeness (QED) is 0.308. The van der Waals surface area contributed by atoms with Gasteiger partial charge in [0, 0.05) is 0 Å². The summed E-state index contributed by atoms with van der Waals surface area (Å²) in [5, 5.41) is 58.2. The van der Waals surface area contributed by atoms with Gasteiger partial charge in [-0.15, -0.1) is 0 Å². The zero-order chi connectivity index (χ0) is 17.3. The SMILES string of the molecule is CC1OC(C[18F])C(OC2OC(CO)C(O)C(O)C2O)C(O)C1O. The van der Waals surface area contributed by atoms with Gasteiger partial charge in [0.15, 0.2) is 6.29 Å². The number of halogens is 1. The molecule has 2 heterocycles. The lowest BCUT2D eigenvalue weighted by molar-refractivity contribution is -0.340. The van der Waals surface area contributed by atoms with E-state index in [4.69, 9.17) is 19.3 Å². The fourth-order valence-corrected chi connectivity index (χ4v) is 2.75. The summed E-state index contributed by atoms with van der Waals surface area (Å²) in [4.78, 5) is 0. The molecule has 2 fully saturated rings. The van der Waals surface area contributed by atoms with Crippen LogP contribution in [0.5, 0.6) is 0 Å². The number of hydrogen-bond acceptors (Lipinski definition) is 9. The molecule has 2 saturated heterocycles. The molecule has 0 amide bonds. The van der Waals surface area contributed by atoms with Crippen molar-refractivity contribution >= 4 is 0 Å². The zero-order valence-electron chi connectivity index (χ0n) is 12.5. The van der Waals surface area contributed by atoms with Crippen LogP contribution in [-0.2, 0) is 14.2 Å². The second-order valence-electron chi connectivity index (χ2n) is 5.81. The number of aliphatic hydroxyl groups is 6. The Balaban J connectivity index is 2.11. The maximum Gasteiger partial charge on any atom is 0.187 e. The van der Waals surface area contributed by atoms with E-state index < -0.39 is 74.5 Å². The highest BCUT2D eigenvalue weighted by Gasteiger charge is 2.49. The molecule has 0 saturated carbocycles. The van der Waals surface area contributed by atoms with Crippen LogP contribution in [0.1, 0.15) is 6.92 Å². The lowest BCUT2D eigenvalue weighted by Gasteiger charge is -2.45. The van der Waals surface area contributed by atoms with Gasteiger partial charge in [0.2, 0.25) is 0 Å². The summed E-state index contributed by atoms with van der Waals surface area (Å²) in [5.74, 6) is 0. The first-order chi connectivity index (χ1) is 10.8. The predicted octanol–water partition coefficient (Wildman–Crippen LogP) is -3.35. The summed E-state index contributed by atoms with van der Waals surface area (Å²) >= 11 is 0. The first-order valence-electron chi connectivity index (χ1n) is 7.35. The molecule has 0 radical (unpaired) electrons. The molecular weight excluding hydrogens is 318 g/mol. The van der Waals surface area contributed by atoms with Crippen molar-refractivity contribution in [1.82, 2.24) is 0 Å². The van der Waals surface area contributed by atoms with Gasteiger partial charge in [-0.1, -0.05) is 0 Å². The Hall–Kier alpha value is -0.430. The molecule has 10 unspecified atom stereocenters. The second-order valence-corrected chi connectivity index (χ2v) is 5.81. The van der Waals surface area contributed by atoms with Crippen LogP contribution in [0.2, 0.25) is 0 Å². The van der Waals surface area contributed by atoms with Gasteiger partial charge in [0.05, 0.1) is 12.7 Å². The van der Waals surface area contributed by atoms with Gasteiger partial charge in [-0.25, -0.2) is 4.39 Å². The van der Waals surface area contributed by atoms with Gasteiger partial charge in [-0.3, -0.25) is 0 Å². The molecular formula is C13H23FO9. The van der Waals surface area contributed by atoms with Crippen molar-refractivity contribution < 1.29 is 49.2 Å². The van der Waals surface area contributed by atoms with Crippen LogP contribution < -0.4 is 0 Å². The fourth-order valence-electron chi connectivity index (χ4n) is 2.75. The summed E-state index contributed by atoms with van der Waals surface area (Å²) in [5.41, 5.74) is 0. The Labute approximate surface area is 131 Å². The van der Waals surface area contributed by atoms with Gasteiger partial charge in [0.25, 0.3) is 0 Å². The minimum atomic E-state index is -1.70. The summed E-state index contributed by atoms with van der Waals surface area (Å²) in [7, 11) is 0. The standard InChI is InChI=1S/C13H23FO9/c1-4-7(16)10(19)12(5(2-14)21-4)23-13-11(20)9(18)8(17)6(3-15)22-13/h4-13,15-20H,2-3H2,1H3/i14-1. The number of alkyl halides is 1. The average Bonchev–Trinajstić information content (AvgIpc) is 2.55. The van der Waals surface area contributed by atoms with Crippen LogP contribution in [0.15, 0.2) is 0 Å². The van der Waals surface area contributed by atoms with Crippen molar-refractivity contribution in [2.45, 2.75) is 68.1 Å². The average molecular weight is 341 g/mol. The molecule has 0 aromatic heterocycles. The van der Waals surface area contributed by atoms with E-state index in [1.165, 1.54) is 6.92 Å². The van der Waals surface area contributed by atoms with Crippen molar-refractivity contribution in [2.24, 2.45) is 0 Å². The highest BCUT2D eigenvalue weighted by molar-refractivity contribution is 4.94. The Morgan fingerprint density at radius 2 is 1.52 bits per heavy atom. The maximum atomic E-state index is 13.1. The van der Waals surface area contributed by atoms with E-state index in [0.717, 1.165) is 0 Å². The van der Waals surface area contributed by atoms with E-state index >= 15 is 0 Å².